The van der Waals surface area contributed by atoms with Gasteiger partial charge in [0.15, 0.2) is 5.17 Å². The molecule has 14 heavy (non-hydrogen) atoms. The molecule has 0 saturated carbocycles. The maximum atomic E-state index is 13.0. The Hall–Kier alpha value is -1.30. The van der Waals surface area contributed by atoms with E-state index < -0.39 is 11.6 Å². The fraction of sp³-hybridized carbons (Fsp3) is 0.125. The van der Waals surface area contributed by atoms with Crippen LogP contribution in [0.25, 0.3) is 0 Å². The predicted molar refractivity (Wildman–Crippen MR) is 53.5 cm³/mol. The standard InChI is InChI=1S/C8H9F2N3S/c9-6-1-2-7(10)5(3-6)4-14-8(11)13-12/h1-3H,4,12H2,(H2,11,13). The number of thioether (sulfide) groups is 1. The molecule has 0 bridgehead atoms. The van der Waals surface area contributed by atoms with Gasteiger partial charge in [0.05, 0.1) is 0 Å². The van der Waals surface area contributed by atoms with Crippen molar-refractivity contribution >= 4 is 16.9 Å². The molecular formula is C8H9F2N3S. The lowest BCUT2D eigenvalue weighted by Crippen LogP contribution is -2.09. The maximum absolute atomic E-state index is 13.0. The molecule has 0 aliphatic heterocycles. The van der Waals surface area contributed by atoms with Crippen LogP contribution in [-0.4, -0.2) is 5.17 Å². The molecule has 0 unspecified atom stereocenters. The number of hydrogen-bond donors (Lipinski definition) is 2. The average molecular weight is 217 g/mol. The van der Waals surface area contributed by atoms with E-state index in [1.54, 1.807) is 0 Å². The van der Waals surface area contributed by atoms with E-state index in [4.69, 9.17) is 11.6 Å². The first-order valence-electron chi connectivity index (χ1n) is 3.73. The van der Waals surface area contributed by atoms with Crippen LogP contribution < -0.4 is 11.6 Å². The zero-order chi connectivity index (χ0) is 10.6. The molecular weight excluding hydrogens is 208 g/mol. The lowest BCUT2D eigenvalue weighted by atomic mass is 10.2. The van der Waals surface area contributed by atoms with Crippen LogP contribution >= 0.6 is 11.8 Å². The second-order valence-corrected chi connectivity index (χ2v) is 3.49. The van der Waals surface area contributed by atoms with Crippen LogP contribution in [0.3, 0.4) is 0 Å². The second-order valence-electron chi connectivity index (χ2n) is 2.49. The fourth-order valence-corrected chi connectivity index (χ4v) is 1.44. The number of halogens is 2. The first-order valence-corrected chi connectivity index (χ1v) is 4.72. The van der Waals surface area contributed by atoms with Crippen LogP contribution in [-0.2, 0) is 5.75 Å². The minimum absolute atomic E-state index is 0.133. The number of nitrogens with two attached hydrogens (primary N) is 2. The third-order valence-corrected chi connectivity index (χ3v) is 2.37. The SMILES string of the molecule is NN=C(N)SCc1cc(F)ccc1F. The smallest absolute Gasteiger partial charge is 0.177 e. The summed E-state index contributed by atoms with van der Waals surface area (Å²) in [6, 6.07) is 3.25. The molecule has 1 aromatic carbocycles. The van der Waals surface area contributed by atoms with Crippen LogP contribution in [0.4, 0.5) is 8.78 Å². The molecule has 0 atom stereocenters. The minimum Gasteiger partial charge on any atom is -0.377 e. The molecule has 76 valence electrons. The van der Waals surface area contributed by atoms with Crippen molar-refractivity contribution in [2.24, 2.45) is 16.7 Å². The summed E-state index contributed by atoms with van der Waals surface area (Å²) in [5, 5.41) is 3.33. The van der Waals surface area contributed by atoms with E-state index in [0.717, 1.165) is 30.0 Å². The van der Waals surface area contributed by atoms with E-state index in [0.29, 0.717) is 0 Å². The second kappa shape index (κ2) is 4.80. The summed E-state index contributed by atoms with van der Waals surface area (Å²) in [6.07, 6.45) is 0. The van der Waals surface area contributed by atoms with Crippen molar-refractivity contribution in [1.29, 1.82) is 0 Å². The largest absolute Gasteiger partial charge is 0.377 e. The molecule has 0 aromatic heterocycles. The van der Waals surface area contributed by atoms with Gasteiger partial charge >= 0.3 is 0 Å². The van der Waals surface area contributed by atoms with Crippen LogP contribution in [0.5, 0.6) is 0 Å². The van der Waals surface area contributed by atoms with Crippen molar-refractivity contribution in [2.45, 2.75) is 5.75 Å². The van der Waals surface area contributed by atoms with Gasteiger partial charge in [0.1, 0.15) is 11.6 Å². The van der Waals surface area contributed by atoms with Gasteiger partial charge in [-0.05, 0) is 18.2 Å². The summed E-state index contributed by atoms with van der Waals surface area (Å²) in [7, 11) is 0. The number of nitrogens with zero attached hydrogens (tertiary/aromatic N) is 1. The van der Waals surface area contributed by atoms with Gasteiger partial charge in [0, 0.05) is 11.3 Å². The molecule has 0 fully saturated rings. The van der Waals surface area contributed by atoms with Gasteiger partial charge in [0.25, 0.3) is 0 Å². The van der Waals surface area contributed by atoms with Crippen molar-refractivity contribution in [3.63, 3.8) is 0 Å². The summed E-state index contributed by atoms with van der Waals surface area (Å²) in [5.41, 5.74) is 5.52. The summed E-state index contributed by atoms with van der Waals surface area (Å²) >= 11 is 1.05. The minimum atomic E-state index is -0.481. The summed E-state index contributed by atoms with van der Waals surface area (Å²) in [5.74, 6) is 4.13. The third kappa shape index (κ3) is 2.88. The topological polar surface area (TPSA) is 64.4 Å². The van der Waals surface area contributed by atoms with Crippen LogP contribution in [0, 0.1) is 11.6 Å². The molecule has 0 aliphatic carbocycles. The Balaban J connectivity index is 2.71. The Bertz CT molecular complexity index is 354. The highest BCUT2D eigenvalue weighted by Gasteiger charge is 2.04. The Kier molecular flexibility index (Phi) is 3.70. The van der Waals surface area contributed by atoms with Crippen LogP contribution in [0.2, 0.25) is 0 Å². The summed E-state index contributed by atoms with van der Waals surface area (Å²) in [4.78, 5) is 0. The van der Waals surface area contributed by atoms with E-state index in [1.165, 1.54) is 0 Å². The molecule has 0 aliphatic rings. The zero-order valence-electron chi connectivity index (χ0n) is 7.21. The zero-order valence-corrected chi connectivity index (χ0v) is 8.02. The van der Waals surface area contributed by atoms with E-state index in [1.807, 2.05) is 0 Å². The summed E-state index contributed by atoms with van der Waals surface area (Å²) in [6.45, 7) is 0. The quantitative estimate of drug-likeness (QED) is 0.340. The lowest BCUT2D eigenvalue weighted by molar-refractivity contribution is 0.591. The van der Waals surface area contributed by atoms with E-state index in [-0.39, 0.29) is 16.5 Å². The average Bonchev–Trinajstić information content (AvgIpc) is 2.19. The molecule has 3 nitrogen and oxygen atoms in total. The number of benzene rings is 1. The normalized spacial score (nSPS) is 11.7. The highest BCUT2D eigenvalue weighted by Crippen LogP contribution is 2.16. The van der Waals surface area contributed by atoms with E-state index in [9.17, 15) is 8.78 Å². The van der Waals surface area contributed by atoms with Gasteiger partial charge in [-0.15, -0.1) is 0 Å². The first-order chi connectivity index (χ1) is 6.63. The van der Waals surface area contributed by atoms with Gasteiger partial charge < -0.3 is 11.6 Å². The Morgan fingerprint density at radius 1 is 1.43 bits per heavy atom. The number of rotatable bonds is 2. The van der Waals surface area contributed by atoms with Crippen molar-refractivity contribution in [3.05, 3.63) is 35.4 Å². The van der Waals surface area contributed by atoms with Gasteiger partial charge in [-0.1, -0.05) is 11.8 Å². The molecule has 0 amide bonds. The Morgan fingerprint density at radius 2 is 2.14 bits per heavy atom. The fourth-order valence-electron chi connectivity index (χ4n) is 0.843. The van der Waals surface area contributed by atoms with Crippen molar-refractivity contribution in [2.75, 3.05) is 0 Å². The van der Waals surface area contributed by atoms with Crippen LogP contribution in [0.1, 0.15) is 5.56 Å². The monoisotopic (exact) mass is 217 g/mol. The maximum Gasteiger partial charge on any atom is 0.177 e. The number of amidine groups is 1. The van der Waals surface area contributed by atoms with Crippen molar-refractivity contribution < 1.29 is 8.78 Å². The van der Waals surface area contributed by atoms with Gasteiger partial charge in [-0.2, -0.15) is 5.10 Å². The highest BCUT2D eigenvalue weighted by molar-refractivity contribution is 8.13. The molecule has 0 radical (unpaired) electrons. The van der Waals surface area contributed by atoms with E-state index >= 15 is 0 Å². The Labute approximate surface area is 84.2 Å². The molecule has 0 heterocycles. The molecule has 6 heteroatoms. The van der Waals surface area contributed by atoms with E-state index in [2.05, 4.69) is 5.10 Å². The third-order valence-electron chi connectivity index (χ3n) is 1.51. The van der Waals surface area contributed by atoms with Gasteiger partial charge in [-0.3, -0.25) is 0 Å². The van der Waals surface area contributed by atoms with Crippen molar-refractivity contribution in [3.8, 4) is 0 Å². The molecule has 0 saturated heterocycles. The lowest BCUT2D eigenvalue weighted by Gasteiger charge is -2.02. The first kappa shape index (κ1) is 10.8. The molecule has 1 aromatic rings. The highest BCUT2D eigenvalue weighted by atomic mass is 32.2. The van der Waals surface area contributed by atoms with Gasteiger partial charge in [0.2, 0.25) is 0 Å². The number of hydrogen-bond acceptors (Lipinski definition) is 3. The Morgan fingerprint density at radius 3 is 2.79 bits per heavy atom. The predicted octanol–water partition coefficient (Wildman–Crippen LogP) is 1.39. The summed E-state index contributed by atoms with van der Waals surface area (Å²) < 4.78 is 25.7. The molecule has 0 spiro atoms. The van der Waals surface area contributed by atoms with Crippen molar-refractivity contribution in [1.82, 2.24) is 0 Å². The number of hydrazone groups is 1. The molecule has 4 N–H and O–H groups in total. The molecule has 1 rings (SSSR count). The van der Waals surface area contributed by atoms with Gasteiger partial charge in [-0.25, -0.2) is 8.78 Å². The van der Waals surface area contributed by atoms with Crippen LogP contribution in [0.15, 0.2) is 23.3 Å².